The van der Waals surface area contributed by atoms with Crippen molar-refractivity contribution in [1.29, 1.82) is 0 Å². The van der Waals surface area contributed by atoms with Crippen LogP contribution in [-0.4, -0.2) is 36.3 Å². The second kappa shape index (κ2) is 7.20. The molecule has 0 spiro atoms. The van der Waals surface area contributed by atoms with Crippen LogP contribution in [-0.2, 0) is 12.8 Å². The number of ether oxygens (including phenoxy) is 1. The molecular weight excluding hydrogens is 340 g/mol. The van der Waals surface area contributed by atoms with Gasteiger partial charge in [0, 0.05) is 28.7 Å². The molecule has 1 aliphatic carbocycles. The Labute approximate surface area is 131 Å². The van der Waals surface area contributed by atoms with Gasteiger partial charge < -0.3 is 15.2 Å². The molecule has 0 bridgehead atoms. The number of aliphatic hydroxyl groups excluding tert-OH is 1. The number of hydrogen-bond donors (Lipinski definition) is 2. The molecule has 6 nitrogen and oxygen atoms in total. The molecule has 0 saturated heterocycles. The second-order valence-electron chi connectivity index (χ2n) is 5.08. The number of fused-ring (bicyclic) bond motifs is 1. The highest BCUT2D eigenvalue weighted by Gasteiger charge is 2.27. The average Bonchev–Trinajstić information content (AvgIpc) is 2.68. The van der Waals surface area contributed by atoms with Crippen LogP contribution in [0.25, 0.3) is 0 Å². The number of halogens is 1. The van der Waals surface area contributed by atoms with Crippen molar-refractivity contribution in [3.8, 4) is 5.75 Å². The maximum atomic E-state index is 11.2. The molecule has 0 amide bonds. The average molecular weight is 359 g/mol. The van der Waals surface area contributed by atoms with Crippen molar-refractivity contribution >= 4 is 21.6 Å². The van der Waals surface area contributed by atoms with Crippen LogP contribution in [0.5, 0.6) is 5.75 Å². The molecule has 1 aromatic carbocycles. The number of benzene rings is 1. The van der Waals surface area contributed by atoms with E-state index in [0.717, 1.165) is 41.3 Å². The van der Waals surface area contributed by atoms with Crippen molar-refractivity contribution in [2.24, 2.45) is 0 Å². The third kappa shape index (κ3) is 3.53. The minimum atomic E-state index is -0.406. The highest BCUT2D eigenvalue weighted by atomic mass is 79.9. The van der Waals surface area contributed by atoms with Crippen molar-refractivity contribution < 1.29 is 14.8 Å². The summed E-state index contributed by atoms with van der Waals surface area (Å²) in [6.07, 6.45) is 3.36. The topological polar surface area (TPSA) is 84.6 Å². The first kappa shape index (κ1) is 16.2. The molecule has 1 aromatic rings. The van der Waals surface area contributed by atoms with E-state index in [1.54, 1.807) is 0 Å². The van der Waals surface area contributed by atoms with Gasteiger partial charge in [-0.15, -0.1) is 0 Å². The van der Waals surface area contributed by atoms with Gasteiger partial charge in [-0.3, -0.25) is 10.1 Å². The number of methoxy groups -OCH3 is 1. The molecule has 7 heteroatoms. The van der Waals surface area contributed by atoms with E-state index in [2.05, 4.69) is 21.2 Å². The van der Waals surface area contributed by atoms with Crippen molar-refractivity contribution in [2.75, 3.05) is 20.3 Å². The molecule has 0 aromatic heterocycles. The molecule has 2 rings (SSSR count). The van der Waals surface area contributed by atoms with Gasteiger partial charge in [-0.1, -0.05) is 15.9 Å². The summed E-state index contributed by atoms with van der Waals surface area (Å²) in [4.78, 5) is 10.8. The van der Waals surface area contributed by atoms with Crippen LogP contribution >= 0.6 is 15.9 Å². The smallest absolute Gasteiger partial charge is 0.312 e. The zero-order valence-electron chi connectivity index (χ0n) is 11.9. The standard InChI is InChI=1S/C14H19BrN2O4/c1-21-14-11-5-3-9(16-6-7-18)2-4-10(11)12(15)8-13(14)17(19)20/h8-9,16,18H,2-7H2,1H3. The zero-order chi connectivity index (χ0) is 15.4. The normalized spacial score (nSPS) is 18.0. The SMILES string of the molecule is COc1c([N+](=O)[O-])cc(Br)c2c1CCC(NCCO)CC2. The Balaban J connectivity index is 2.34. The van der Waals surface area contributed by atoms with E-state index in [-0.39, 0.29) is 12.3 Å². The Morgan fingerprint density at radius 1 is 1.48 bits per heavy atom. The van der Waals surface area contributed by atoms with Gasteiger partial charge in [0.05, 0.1) is 18.6 Å². The number of nitrogens with one attached hydrogen (secondary N) is 1. The molecule has 1 unspecified atom stereocenters. The molecule has 1 atom stereocenters. The minimum Gasteiger partial charge on any atom is -0.490 e. The summed E-state index contributed by atoms with van der Waals surface area (Å²) < 4.78 is 6.08. The summed E-state index contributed by atoms with van der Waals surface area (Å²) >= 11 is 3.45. The van der Waals surface area contributed by atoms with E-state index in [9.17, 15) is 10.1 Å². The fraction of sp³-hybridized carbons (Fsp3) is 0.571. The summed E-state index contributed by atoms with van der Waals surface area (Å²) in [7, 11) is 1.48. The van der Waals surface area contributed by atoms with Gasteiger partial charge in [0.1, 0.15) is 0 Å². The van der Waals surface area contributed by atoms with E-state index in [4.69, 9.17) is 9.84 Å². The number of aliphatic hydroxyl groups is 1. The minimum absolute atomic E-state index is 0.00453. The van der Waals surface area contributed by atoms with Crippen molar-refractivity contribution in [1.82, 2.24) is 5.32 Å². The highest BCUT2D eigenvalue weighted by molar-refractivity contribution is 9.10. The molecule has 116 valence electrons. The van der Waals surface area contributed by atoms with Crippen LogP contribution in [0.2, 0.25) is 0 Å². The van der Waals surface area contributed by atoms with Crippen LogP contribution < -0.4 is 10.1 Å². The first-order chi connectivity index (χ1) is 10.1. The Morgan fingerprint density at radius 3 is 2.71 bits per heavy atom. The lowest BCUT2D eigenvalue weighted by Gasteiger charge is -2.14. The van der Waals surface area contributed by atoms with Crippen molar-refractivity contribution in [2.45, 2.75) is 31.7 Å². The van der Waals surface area contributed by atoms with Crippen LogP contribution in [0.4, 0.5) is 5.69 Å². The summed E-state index contributed by atoms with van der Waals surface area (Å²) in [5.74, 6) is 0.376. The molecule has 0 heterocycles. The van der Waals surface area contributed by atoms with Crippen molar-refractivity contribution in [3.63, 3.8) is 0 Å². The van der Waals surface area contributed by atoms with Crippen LogP contribution in [0, 0.1) is 10.1 Å². The molecule has 0 saturated carbocycles. The van der Waals surface area contributed by atoms with Crippen LogP contribution in [0.1, 0.15) is 24.0 Å². The summed E-state index contributed by atoms with van der Waals surface area (Å²) in [6.45, 7) is 0.682. The number of nitrogens with zero attached hydrogens (tertiary/aromatic N) is 1. The summed E-state index contributed by atoms with van der Waals surface area (Å²) in [6, 6.07) is 1.83. The van der Waals surface area contributed by atoms with E-state index in [1.807, 2.05) is 0 Å². The molecule has 0 fully saturated rings. The first-order valence-corrected chi connectivity index (χ1v) is 7.74. The lowest BCUT2D eigenvalue weighted by Crippen LogP contribution is -2.31. The van der Waals surface area contributed by atoms with Gasteiger partial charge in [0.15, 0.2) is 5.75 Å². The van der Waals surface area contributed by atoms with E-state index >= 15 is 0 Å². The summed E-state index contributed by atoms with van der Waals surface area (Å²) in [5, 5.41) is 23.4. The monoisotopic (exact) mass is 358 g/mol. The van der Waals surface area contributed by atoms with Crippen LogP contribution in [0.15, 0.2) is 10.5 Å². The third-order valence-corrected chi connectivity index (χ3v) is 4.56. The lowest BCUT2D eigenvalue weighted by atomic mass is 10.0. The fourth-order valence-electron chi connectivity index (χ4n) is 2.86. The predicted molar refractivity (Wildman–Crippen MR) is 82.9 cm³/mol. The Hall–Kier alpha value is -1.18. The maximum Gasteiger partial charge on any atom is 0.312 e. The molecule has 1 aliphatic rings. The molecule has 2 N–H and O–H groups in total. The summed E-state index contributed by atoms with van der Waals surface area (Å²) in [5.41, 5.74) is 2.02. The van der Waals surface area contributed by atoms with E-state index in [1.165, 1.54) is 13.2 Å². The number of hydrogen-bond acceptors (Lipinski definition) is 5. The predicted octanol–water partition coefficient (Wildman–Crippen LogP) is 2.20. The van der Waals surface area contributed by atoms with E-state index < -0.39 is 4.92 Å². The molecule has 0 radical (unpaired) electrons. The van der Waals surface area contributed by atoms with Gasteiger partial charge >= 0.3 is 5.69 Å². The van der Waals surface area contributed by atoms with Gasteiger partial charge in [0.2, 0.25) is 0 Å². The quantitative estimate of drug-likeness (QED) is 0.478. The van der Waals surface area contributed by atoms with E-state index in [0.29, 0.717) is 18.3 Å². The van der Waals surface area contributed by atoms with Gasteiger partial charge in [-0.2, -0.15) is 0 Å². The highest BCUT2D eigenvalue weighted by Crippen LogP contribution is 2.40. The van der Waals surface area contributed by atoms with Gasteiger partial charge in [-0.05, 0) is 31.2 Å². The molecule has 0 aliphatic heterocycles. The third-order valence-electron chi connectivity index (χ3n) is 3.85. The fourth-order valence-corrected chi connectivity index (χ4v) is 3.52. The first-order valence-electron chi connectivity index (χ1n) is 6.95. The van der Waals surface area contributed by atoms with Crippen LogP contribution in [0.3, 0.4) is 0 Å². The Morgan fingerprint density at radius 2 is 2.14 bits per heavy atom. The molecular formula is C14H19BrN2O4. The maximum absolute atomic E-state index is 11.2. The van der Waals surface area contributed by atoms with Crippen molar-refractivity contribution in [3.05, 3.63) is 31.8 Å². The molecule has 21 heavy (non-hydrogen) atoms. The zero-order valence-corrected chi connectivity index (χ0v) is 13.5. The second-order valence-corrected chi connectivity index (χ2v) is 5.93. The number of nitro benzene ring substituents is 1. The Kier molecular flexibility index (Phi) is 5.55. The largest absolute Gasteiger partial charge is 0.490 e. The number of nitro groups is 1. The number of rotatable bonds is 5. The lowest BCUT2D eigenvalue weighted by molar-refractivity contribution is -0.385. The van der Waals surface area contributed by atoms with Gasteiger partial charge in [0.25, 0.3) is 0 Å². The van der Waals surface area contributed by atoms with Gasteiger partial charge in [-0.25, -0.2) is 0 Å². The Bertz CT molecular complexity index is 536.